The zero-order valence-electron chi connectivity index (χ0n) is 17.3. The molecule has 0 atom stereocenters. The Hall–Kier alpha value is -2.91. The van der Waals surface area contributed by atoms with Crippen LogP contribution < -0.4 is 4.74 Å². The van der Waals surface area contributed by atoms with Gasteiger partial charge in [0.2, 0.25) is 0 Å². The number of halogens is 3. The van der Waals surface area contributed by atoms with Crippen molar-refractivity contribution in [3.63, 3.8) is 0 Å². The largest absolute Gasteiger partial charge is 0.485 e. The van der Waals surface area contributed by atoms with Crippen LogP contribution in [0.3, 0.4) is 0 Å². The average molecular weight is 433 g/mol. The number of imidazole rings is 1. The molecule has 1 fully saturated rings. The highest BCUT2D eigenvalue weighted by Gasteiger charge is 2.23. The predicted molar refractivity (Wildman–Crippen MR) is 107 cm³/mol. The number of rotatable bonds is 6. The summed E-state index contributed by atoms with van der Waals surface area (Å²) in [7, 11) is 0. The number of fused-ring (bicyclic) bond motifs is 1. The van der Waals surface area contributed by atoms with Crippen molar-refractivity contribution in [2.75, 3.05) is 32.8 Å². The van der Waals surface area contributed by atoms with Gasteiger partial charge in [0, 0.05) is 19.3 Å². The van der Waals surface area contributed by atoms with E-state index in [9.17, 15) is 18.0 Å². The number of carbonyl (C=O) groups is 1. The second-order valence-electron chi connectivity index (χ2n) is 7.54. The number of aromatic nitrogens is 2. The van der Waals surface area contributed by atoms with Crippen LogP contribution in [0, 0.1) is 31.3 Å². The van der Waals surface area contributed by atoms with E-state index in [2.05, 4.69) is 4.98 Å². The Morgan fingerprint density at radius 1 is 1.16 bits per heavy atom. The third-order valence-corrected chi connectivity index (χ3v) is 5.24. The van der Waals surface area contributed by atoms with E-state index in [4.69, 9.17) is 9.47 Å². The lowest BCUT2D eigenvalue weighted by Gasteiger charge is -2.25. The van der Waals surface area contributed by atoms with Crippen molar-refractivity contribution in [3.8, 4) is 5.75 Å². The van der Waals surface area contributed by atoms with Gasteiger partial charge in [-0.25, -0.2) is 18.2 Å². The summed E-state index contributed by atoms with van der Waals surface area (Å²) in [5.74, 6) is -3.18. The molecule has 31 heavy (non-hydrogen) atoms. The minimum Gasteiger partial charge on any atom is -0.485 e. The molecule has 0 bridgehead atoms. The van der Waals surface area contributed by atoms with Gasteiger partial charge in [-0.3, -0.25) is 14.1 Å². The van der Waals surface area contributed by atoms with E-state index in [1.165, 1.54) is 0 Å². The van der Waals surface area contributed by atoms with Crippen LogP contribution in [-0.2, 0) is 11.3 Å². The first-order valence-electron chi connectivity index (χ1n) is 9.93. The summed E-state index contributed by atoms with van der Waals surface area (Å²) >= 11 is 0. The van der Waals surface area contributed by atoms with E-state index in [1.54, 1.807) is 30.5 Å². The first kappa shape index (κ1) is 21.3. The van der Waals surface area contributed by atoms with Gasteiger partial charge in [0.1, 0.15) is 18.1 Å². The van der Waals surface area contributed by atoms with Gasteiger partial charge in [0.15, 0.2) is 28.8 Å². The molecule has 6 nitrogen and oxygen atoms in total. The number of morpholine rings is 1. The molecule has 1 aliphatic heterocycles. The van der Waals surface area contributed by atoms with Crippen molar-refractivity contribution in [3.05, 3.63) is 64.4 Å². The first-order chi connectivity index (χ1) is 14.8. The Bertz CT molecular complexity index is 1140. The number of carbonyl (C=O) groups excluding carboxylic acids is 1. The average Bonchev–Trinajstić information content (AvgIpc) is 3.07. The number of pyridine rings is 1. The van der Waals surface area contributed by atoms with Crippen molar-refractivity contribution >= 4 is 11.4 Å². The van der Waals surface area contributed by atoms with E-state index in [0.717, 1.165) is 17.7 Å². The molecule has 1 aliphatic rings. The SMILES string of the molecule is Cc1cc(OCc2c(F)ccc(F)c2F)c2nc(C)c(C(=O)CN3CCOCC3)n2c1. The number of hydrogen-bond donors (Lipinski definition) is 0. The minimum absolute atomic E-state index is 0.0920. The highest BCUT2D eigenvalue weighted by Crippen LogP contribution is 2.26. The number of hydrogen-bond acceptors (Lipinski definition) is 5. The Morgan fingerprint density at radius 2 is 1.87 bits per heavy atom. The van der Waals surface area contributed by atoms with Crippen LogP contribution in [0.15, 0.2) is 24.4 Å². The molecule has 164 valence electrons. The third kappa shape index (κ3) is 4.28. The summed E-state index contributed by atoms with van der Waals surface area (Å²) in [6.45, 7) is 5.79. The number of Topliss-reactive ketones (excluding diaryl/α,β-unsaturated/α-hetero) is 1. The van der Waals surface area contributed by atoms with Crippen LogP contribution in [0.25, 0.3) is 5.65 Å². The number of nitrogens with zero attached hydrogens (tertiary/aromatic N) is 3. The lowest BCUT2D eigenvalue weighted by atomic mass is 10.2. The lowest BCUT2D eigenvalue weighted by molar-refractivity contribution is 0.0369. The molecule has 1 aromatic carbocycles. The second kappa shape index (κ2) is 8.68. The molecule has 0 radical (unpaired) electrons. The van der Waals surface area contributed by atoms with Gasteiger partial charge in [0.25, 0.3) is 0 Å². The molecule has 3 heterocycles. The van der Waals surface area contributed by atoms with Gasteiger partial charge in [-0.15, -0.1) is 0 Å². The fourth-order valence-electron chi connectivity index (χ4n) is 3.69. The number of aryl methyl sites for hydroxylation is 2. The zero-order valence-corrected chi connectivity index (χ0v) is 17.3. The van der Waals surface area contributed by atoms with E-state index >= 15 is 0 Å². The smallest absolute Gasteiger partial charge is 0.195 e. The molecular weight excluding hydrogens is 411 g/mol. The molecule has 2 aromatic heterocycles. The van der Waals surface area contributed by atoms with Crippen LogP contribution in [0.4, 0.5) is 13.2 Å². The standard InChI is InChI=1S/C22H22F3N3O3/c1-13-9-19(31-12-15-16(23)3-4-17(24)20(15)25)22-26-14(2)21(28(22)10-13)18(29)11-27-5-7-30-8-6-27/h3-4,9-10H,5-8,11-12H2,1-2H3. The van der Waals surface area contributed by atoms with Crippen LogP contribution in [0.2, 0.25) is 0 Å². The van der Waals surface area contributed by atoms with E-state index < -0.39 is 29.6 Å². The molecule has 0 N–H and O–H groups in total. The summed E-state index contributed by atoms with van der Waals surface area (Å²) in [5.41, 5.74) is 1.56. The van der Waals surface area contributed by atoms with Crippen molar-refractivity contribution in [1.82, 2.24) is 14.3 Å². The van der Waals surface area contributed by atoms with E-state index in [-0.39, 0.29) is 18.1 Å². The van der Waals surface area contributed by atoms with Crippen LogP contribution in [0.5, 0.6) is 5.75 Å². The van der Waals surface area contributed by atoms with Crippen LogP contribution in [-0.4, -0.2) is 52.9 Å². The molecule has 0 saturated carbocycles. The van der Waals surface area contributed by atoms with Gasteiger partial charge in [-0.1, -0.05) is 0 Å². The van der Waals surface area contributed by atoms with Gasteiger partial charge >= 0.3 is 0 Å². The topological polar surface area (TPSA) is 56.1 Å². The minimum atomic E-state index is -1.29. The molecule has 9 heteroatoms. The summed E-state index contributed by atoms with van der Waals surface area (Å²) in [5, 5.41) is 0. The summed E-state index contributed by atoms with van der Waals surface area (Å²) in [4.78, 5) is 19.5. The summed E-state index contributed by atoms with van der Waals surface area (Å²) in [6, 6.07) is 3.24. The quantitative estimate of drug-likeness (QED) is 0.440. The molecule has 0 spiro atoms. The summed E-state index contributed by atoms with van der Waals surface area (Å²) < 4.78 is 54.0. The second-order valence-corrected chi connectivity index (χ2v) is 7.54. The Balaban J connectivity index is 1.64. The van der Waals surface area contributed by atoms with Crippen molar-refractivity contribution < 1.29 is 27.4 Å². The Morgan fingerprint density at radius 3 is 2.61 bits per heavy atom. The fourth-order valence-corrected chi connectivity index (χ4v) is 3.69. The zero-order chi connectivity index (χ0) is 22.1. The first-order valence-corrected chi connectivity index (χ1v) is 9.93. The Kier molecular flexibility index (Phi) is 5.97. The third-order valence-electron chi connectivity index (χ3n) is 5.24. The monoisotopic (exact) mass is 433 g/mol. The molecular formula is C22H22F3N3O3. The van der Waals surface area contributed by atoms with Crippen LogP contribution >= 0.6 is 0 Å². The van der Waals surface area contributed by atoms with Gasteiger partial charge in [0.05, 0.1) is 31.0 Å². The maximum atomic E-state index is 14.0. The van der Waals surface area contributed by atoms with Crippen molar-refractivity contribution in [1.29, 1.82) is 0 Å². The van der Waals surface area contributed by atoms with E-state index in [1.807, 2.05) is 4.90 Å². The number of ether oxygens (including phenoxy) is 2. The highest BCUT2D eigenvalue weighted by atomic mass is 19.2. The van der Waals surface area contributed by atoms with Gasteiger partial charge in [-0.2, -0.15) is 0 Å². The molecule has 4 rings (SSSR count). The van der Waals surface area contributed by atoms with Gasteiger partial charge < -0.3 is 9.47 Å². The normalized spacial score (nSPS) is 14.9. The van der Waals surface area contributed by atoms with Crippen molar-refractivity contribution in [2.24, 2.45) is 0 Å². The fraction of sp³-hybridized carbons (Fsp3) is 0.364. The summed E-state index contributed by atoms with van der Waals surface area (Å²) in [6.07, 6.45) is 1.76. The van der Waals surface area contributed by atoms with Crippen LogP contribution in [0.1, 0.15) is 27.3 Å². The molecule has 3 aromatic rings. The number of benzene rings is 1. The highest BCUT2D eigenvalue weighted by molar-refractivity contribution is 5.98. The number of ketones is 1. The Labute approximate surface area is 177 Å². The maximum Gasteiger partial charge on any atom is 0.195 e. The lowest BCUT2D eigenvalue weighted by Crippen LogP contribution is -2.39. The predicted octanol–water partition coefficient (Wildman–Crippen LogP) is 3.46. The molecule has 0 amide bonds. The molecule has 0 aliphatic carbocycles. The molecule has 1 saturated heterocycles. The van der Waals surface area contributed by atoms with Crippen molar-refractivity contribution in [2.45, 2.75) is 20.5 Å². The van der Waals surface area contributed by atoms with E-state index in [0.29, 0.717) is 43.3 Å². The molecule has 0 unspecified atom stereocenters. The van der Waals surface area contributed by atoms with Gasteiger partial charge in [-0.05, 0) is 37.6 Å². The maximum absolute atomic E-state index is 14.0.